The van der Waals surface area contributed by atoms with Gasteiger partial charge in [0, 0.05) is 12.1 Å². The second-order valence-electron chi connectivity index (χ2n) is 7.34. The van der Waals surface area contributed by atoms with Crippen molar-refractivity contribution in [1.29, 1.82) is 0 Å². The minimum Gasteiger partial charge on any atom is -0.435 e. The largest absolute Gasteiger partial charge is 0.509 e. The van der Waals surface area contributed by atoms with Crippen LogP contribution >= 0.6 is 11.8 Å². The zero-order valence-electron chi connectivity index (χ0n) is 18.8. The molecule has 0 amide bonds. The molecule has 2 aromatic rings. The van der Waals surface area contributed by atoms with E-state index < -0.39 is 6.16 Å². The number of nitrogens with zero attached hydrogens (tertiary/aromatic N) is 2. The van der Waals surface area contributed by atoms with Crippen molar-refractivity contribution in [3.05, 3.63) is 65.2 Å². The predicted octanol–water partition coefficient (Wildman–Crippen LogP) is 6.23. The molecule has 0 aliphatic carbocycles. The molecule has 0 saturated carbocycles. The predicted molar refractivity (Wildman–Crippen MR) is 129 cm³/mol. The van der Waals surface area contributed by atoms with E-state index in [4.69, 9.17) is 14.5 Å². The van der Waals surface area contributed by atoms with Gasteiger partial charge in [0.1, 0.15) is 5.94 Å². The van der Waals surface area contributed by atoms with Gasteiger partial charge in [-0.3, -0.25) is 5.43 Å². The Labute approximate surface area is 189 Å². The summed E-state index contributed by atoms with van der Waals surface area (Å²) in [7, 11) is 0. The molecule has 2 aromatic carbocycles. The summed E-state index contributed by atoms with van der Waals surface area (Å²) in [6, 6.07) is 16.6. The number of nitrogens with one attached hydrogen (secondary N) is 1. The highest BCUT2D eigenvalue weighted by Crippen LogP contribution is 2.33. The number of aryl methyl sites for hydroxylation is 1. The second-order valence-corrected chi connectivity index (χ2v) is 8.25. The molecule has 166 valence electrons. The summed E-state index contributed by atoms with van der Waals surface area (Å²) < 4.78 is 9.88. The lowest BCUT2D eigenvalue weighted by atomic mass is 9.91. The van der Waals surface area contributed by atoms with Crippen molar-refractivity contribution in [2.45, 2.75) is 40.5 Å². The highest BCUT2D eigenvalue weighted by atomic mass is 32.2. The molecule has 0 spiro atoms. The van der Waals surface area contributed by atoms with Gasteiger partial charge in [0.2, 0.25) is 0 Å². The van der Waals surface area contributed by atoms with Crippen molar-refractivity contribution < 1.29 is 14.3 Å². The maximum atomic E-state index is 11.5. The normalized spacial score (nSPS) is 12.8. The Morgan fingerprint density at radius 3 is 2.55 bits per heavy atom. The van der Waals surface area contributed by atoms with Crippen molar-refractivity contribution in [2.75, 3.05) is 12.5 Å². The Morgan fingerprint density at radius 2 is 1.87 bits per heavy atom. The van der Waals surface area contributed by atoms with Crippen LogP contribution in [-0.4, -0.2) is 30.1 Å². The molecule has 0 bridgehead atoms. The van der Waals surface area contributed by atoms with Gasteiger partial charge in [-0.05, 0) is 54.3 Å². The molecular weight excluding hydrogens is 410 g/mol. The highest BCUT2D eigenvalue weighted by molar-refractivity contribution is 8.13. The van der Waals surface area contributed by atoms with E-state index in [9.17, 15) is 4.79 Å². The van der Waals surface area contributed by atoms with Gasteiger partial charge in [-0.1, -0.05) is 63.2 Å². The van der Waals surface area contributed by atoms with Crippen LogP contribution in [0, 0.1) is 12.8 Å². The Balaban J connectivity index is 2.31. The molecule has 6 nitrogen and oxygen atoms in total. The average molecular weight is 442 g/mol. The summed E-state index contributed by atoms with van der Waals surface area (Å²) in [6.07, 6.45) is 1.10. The van der Waals surface area contributed by atoms with Crippen LogP contribution in [0.25, 0.3) is 0 Å². The molecular formula is C24H31N3O3S. The first-order valence-corrected chi connectivity index (χ1v) is 11.3. The van der Waals surface area contributed by atoms with E-state index in [0.29, 0.717) is 11.1 Å². The molecule has 0 aliphatic rings. The summed E-state index contributed by atoms with van der Waals surface area (Å²) in [5, 5.41) is 4.79. The number of carbonyl (C=O) groups excluding carboxylic acids is 1. The van der Waals surface area contributed by atoms with Crippen molar-refractivity contribution in [2.24, 2.45) is 16.0 Å². The van der Waals surface area contributed by atoms with Crippen LogP contribution in [0.3, 0.4) is 0 Å². The van der Waals surface area contributed by atoms with E-state index >= 15 is 0 Å². The lowest BCUT2D eigenvalue weighted by Gasteiger charge is -2.16. The minimum absolute atomic E-state index is 0.0667. The number of aliphatic imine (C=N–C) groups is 1. The Bertz CT molecular complexity index is 898. The zero-order chi connectivity index (χ0) is 22.6. The van der Waals surface area contributed by atoms with Gasteiger partial charge in [0.05, 0.1) is 12.3 Å². The number of hydrogen-bond donors (Lipinski definition) is 1. The number of hydrazone groups is 1. The fourth-order valence-electron chi connectivity index (χ4n) is 2.77. The van der Waals surface area contributed by atoms with Crippen LogP contribution in [-0.2, 0) is 9.47 Å². The first-order chi connectivity index (χ1) is 14.9. The molecule has 0 radical (unpaired) electrons. The van der Waals surface area contributed by atoms with Gasteiger partial charge >= 0.3 is 6.16 Å². The van der Waals surface area contributed by atoms with Crippen molar-refractivity contribution in [1.82, 2.24) is 5.43 Å². The summed E-state index contributed by atoms with van der Waals surface area (Å²) in [6.45, 7) is 10.3. The average Bonchev–Trinajstić information content (AvgIpc) is 2.74. The number of ether oxygens (including phenoxy) is 2. The van der Waals surface area contributed by atoms with Gasteiger partial charge in [0.15, 0.2) is 5.17 Å². The van der Waals surface area contributed by atoms with Crippen molar-refractivity contribution in [3.63, 3.8) is 0 Å². The fraction of sp³-hybridized carbons (Fsp3) is 0.375. The van der Waals surface area contributed by atoms with E-state index in [1.54, 1.807) is 13.1 Å². The first-order valence-electron chi connectivity index (χ1n) is 10.4. The smallest absolute Gasteiger partial charge is 0.435 e. The van der Waals surface area contributed by atoms with E-state index in [2.05, 4.69) is 47.8 Å². The van der Waals surface area contributed by atoms with E-state index in [-0.39, 0.29) is 18.5 Å². The lowest BCUT2D eigenvalue weighted by Crippen LogP contribution is -2.17. The zero-order valence-corrected chi connectivity index (χ0v) is 19.6. The minimum atomic E-state index is -0.700. The van der Waals surface area contributed by atoms with E-state index in [0.717, 1.165) is 16.8 Å². The molecule has 0 aromatic heterocycles. The van der Waals surface area contributed by atoms with Crippen molar-refractivity contribution >= 4 is 35.0 Å². The number of benzene rings is 2. The third-order valence-electron chi connectivity index (χ3n) is 4.34. The molecule has 1 atom stereocenters. The number of carbonyl (C=O) groups is 1. The molecule has 1 unspecified atom stereocenters. The summed E-state index contributed by atoms with van der Waals surface area (Å²) in [5.41, 5.74) is 7.27. The van der Waals surface area contributed by atoms with Crippen LogP contribution in [0.4, 0.5) is 10.5 Å². The van der Waals surface area contributed by atoms with Crippen LogP contribution in [0.1, 0.15) is 50.3 Å². The lowest BCUT2D eigenvalue weighted by molar-refractivity contribution is 0.0731. The van der Waals surface area contributed by atoms with Gasteiger partial charge in [-0.25, -0.2) is 9.79 Å². The Kier molecular flexibility index (Phi) is 10.1. The summed E-state index contributed by atoms with van der Waals surface area (Å²) >= 11 is 1.25. The molecule has 0 heterocycles. The molecule has 31 heavy (non-hydrogen) atoms. The number of rotatable bonds is 8. The maximum absolute atomic E-state index is 11.5. The van der Waals surface area contributed by atoms with Gasteiger partial charge in [0.25, 0.3) is 0 Å². The SMILES string of the molecule is CCOC(=O)OCSC(=Nc1cc(C)ccc1C(C)c1ccccc1)N/N=C/C(C)C. The standard InChI is InChI=1S/C24H31N3O3S/c1-6-29-24(28)30-16-31-23(27-25-15-17(2)3)26-22-14-18(4)12-13-21(22)19(5)20-10-8-7-9-11-20/h7-15,17,19H,6,16H2,1-5H3,(H,26,27)/b25-15+. The summed E-state index contributed by atoms with van der Waals surface area (Å²) in [4.78, 5) is 16.3. The van der Waals surface area contributed by atoms with Crippen LogP contribution in [0.15, 0.2) is 58.6 Å². The molecule has 7 heteroatoms. The fourth-order valence-corrected chi connectivity index (χ4v) is 3.32. The van der Waals surface area contributed by atoms with Crippen LogP contribution in [0.5, 0.6) is 0 Å². The highest BCUT2D eigenvalue weighted by Gasteiger charge is 2.14. The van der Waals surface area contributed by atoms with Gasteiger partial charge < -0.3 is 9.47 Å². The molecule has 0 aliphatic heterocycles. The molecule has 1 N–H and O–H groups in total. The van der Waals surface area contributed by atoms with E-state index in [1.807, 2.05) is 39.0 Å². The topological polar surface area (TPSA) is 72.3 Å². The number of hydrogen-bond acceptors (Lipinski definition) is 6. The van der Waals surface area contributed by atoms with Crippen LogP contribution in [0.2, 0.25) is 0 Å². The monoisotopic (exact) mass is 441 g/mol. The molecule has 0 saturated heterocycles. The van der Waals surface area contributed by atoms with Crippen molar-refractivity contribution in [3.8, 4) is 0 Å². The molecule has 0 fully saturated rings. The Hall–Kier alpha value is -2.80. The third kappa shape index (κ3) is 8.45. The number of amidine groups is 1. The Morgan fingerprint density at radius 1 is 1.13 bits per heavy atom. The van der Waals surface area contributed by atoms with Gasteiger partial charge in [-0.15, -0.1) is 0 Å². The maximum Gasteiger partial charge on any atom is 0.509 e. The second kappa shape index (κ2) is 12.8. The van der Waals surface area contributed by atoms with E-state index in [1.165, 1.54) is 17.3 Å². The van der Waals surface area contributed by atoms with Crippen LogP contribution < -0.4 is 5.43 Å². The van der Waals surface area contributed by atoms with Gasteiger partial charge in [-0.2, -0.15) is 5.10 Å². The molecule has 2 rings (SSSR count). The number of thioether (sulfide) groups is 1. The first kappa shape index (κ1) is 24.5. The third-order valence-corrected chi connectivity index (χ3v) is 5.03. The summed E-state index contributed by atoms with van der Waals surface area (Å²) in [5.74, 6) is 0.529. The quantitative estimate of drug-likeness (QED) is 0.173.